The molecule has 0 saturated heterocycles. The molecule has 0 bridgehead atoms. The van der Waals surface area contributed by atoms with Crippen molar-refractivity contribution in [2.45, 2.75) is 13.0 Å². The molecule has 0 aliphatic carbocycles. The number of aromatic nitrogens is 1. The molecule has 2 aromatic rings. The summed E-state index contributed by atoms with van der Waals surface area (Å²) in [7, 11) is 3.56. The van der Waals surface area contributed by atoms with Gasteiger partial charge in [-0.25, -0.2) is 4.98 Å². The fourth-order valence-corrected chi connectivity index (χ4v) is 2.76. The number of nitrogens with zero attached hydrogens (tertiary/aromatic N) is 1. The van der Waals surface area contributed by atoms with Gasteiger partial charge in [0.2, 0.25) is 0 Å². The predicted molar refractivity (Wildman–Crippen MR) is 85.0 cm³/mol. The summed E-state index contributed by atoms with van der Waals surface area (Å²) in [6, 6.07) is 8.03. The van der Waals surface area contributed by atoms with E-state index in [1.165, 1.54) is 0 Å². The van der Waals surface area contributed by atoms with E-state index in [0.717, 1.165) is 26.9 Å². The zero-order valence-electron chi connectivity index (χ0n) is 11.8. The van der Waals surface area contributed by atoms with E-state index in [9.17, 15) is 0 Å². The molecule has 0 aliphatic heterocycles. The third-order valence-electron chi connectivity index (χ3n) is 3.20. The number of methoxy groups -OCH3 is 1. The minimum atomic E-state index is -0.00962. The third-order valence-corrected chi connectivity index (χ3v) is 3.81. The predicted octanol–water partition coefficient (Wildman–Crippen LogP) is 3.05. The number of aryl methyl sites for hydroxylation is 1. The first-order chi connectivity index (χ1) is 9.56. The molecule has 1 unspecified atom stereocenters. The smallest absolute Gasteiger partial charge is 0.133 e. The van der Waals surface area contributed by atoms with Gasteiger partial charge in [-0.1, -0.05) is 6.07 Å². The number of halogens is 1. The topological polar surface area (TPSA) is 60.2 Å². The molecule has 0 radical (unpaired) electrons. The Labute approximate surface area is 127 Å². The number of rotatable bonds is 4. The molecule has 5 heteroatoms. The number of hydrogen-bond donors (Lipinski definition) is 2. The van der Waals surface area contributed by atoms with E-state index >= 15 is 0 Å². The van der Waals surface area contributed by atoms with Gasteiger partial charge in [0.15, 0.2) is 0 Å². The molecule has 1 heterocycles. The quantitative estimate of drug-likeness (QED) is 0.901. The van der Waals surface area contributed by atoms with Crippen LogP contribution in [0.15, 0.2) is 34.9 Å². The van der Waals surface area contributed by atoms with Crippen LogP contribution in [0.4, 0.5) is 5.82 Å². The summed E-state index contributed by atoms with van der Waals surface area (Å²) < 4.78 is 6.17. The van der Waals surface area contributed by atoms with Crippen molar-refractivity contribution >= 4 is 21.7 Å². The highest BCUT2D eigenvalue weighted by molar-refractivity contribution is 9.10. The van der Waals surface area contributed by atoms with Gasteiger partial charge >= 0.3 is 0 Å². The van der Waals surface area contributed by atoms with E-state index < -0.39 is 0 Å². The highest BCUT2D eigenvalue weighted by atomic mass is 79.9. The fourth-order valence-electron chi connectivity index (χ4n) is 2.20. The zero-order chi connectivity index (χ0) is 14.7. The number of pyridine rings is 1. The van der Waals surface area contributed by atoms with Gasteiger partial charge < -0.3 is 15.8 Å². The Kier molecular flexibility index (Phi) is 4.62. The second-order valence-corrected chi connectivity index (χ2v) is 5.46. The lowest BCUT2D eigenvalue weighted by molar-refractivity contribution is 0.412. The van der Waals surface area contributed by atoms with Crippen LogP contribution >= 0.6 is 15.9 Å². The van der Waals surface area contributed by atoms with Gasteiger partial charge in [0.05, 0.1) is 17.6 Å². The lowest BCUT2D eigenvalue weighted by atomic mass is 9.98. The molecule has 20 heavy (non-hydrogen) atoms. The van der Waals surface area contributed by atoms with Crippen LogP contribution in [0.3, 0.4) is 0 Å². The first-order valence-corrected chi connectivity index (χ1v) is 7.08. The maximum Gasteiger partial charge on any atom is 0.133 e. The normalized spacial score (nSPS) is 12.2. The molecule has 0 spiro atoms. The molecule has 4 nitrogen and oxygen atoms in total. The summed E-state index contributed by atoms with van der Waals surface area (Å²) >= 11 is 3.51. The first kappa shape index (κ1) is 14.8. The Morgan fingerprint density at radius 1 is 1.35 bits per heavy atom. The van der Waals surface area contributed by atoms with Crippen LogP contribution in [0.5, 0.6) is 5.75 Å². The summed E-state index contributed by atoms with van der Waals surface area (Å²) in [4.78, 5) is 4.23. The molecule has 1 atom stereocenters. The first-order valence-electron chi connectivity index (χ1n) is 6.29. The van der Waals surface area contributed by atoms with Crippen LogP contribution < -0.4 is 15.8 Å². The monoisotopic (exact) mass is 335 g/mol. The minimum Gasteiger partial charge on any atom is -0.496 e. The third kappa shape index (κ3) is 2.94. The van der Waals surface area contributed by atoms with Gasteiger partial charge in [-0.3, -0.25) is 0 Å². The van der Waals surface area contributed by atoms with Gasteiger partial charge in [0.1, 0.15) is 11.6 Å². The molecule has 1 aromatic heterocycles. The van der Waals surface area contributed by atoms with Crippen molar-refractivity contribution < 1.29 is 4.74 Å². The molecule has 0 saturated carbocycles. The van der Waals surface area contributed by atoms with Crippen molar-refractivity contribution in [1.29, 1.82) is 0 Å². The van der Waals surface area contributed by atoms with Crippen LogP contribution in [-0.2, 0) is 0 Å². The number of benzene rings is 1. The fraction of sp³-hybridized carbons (Fsp3) is 0.267. The summed E-state index contributed by atoms with van der Waals surface area (Å²) in [6.45, 7) is 2.01. The molecular formula is C15H18BrN3O. The standard InChI is InChI=1S/C15H18BrN3O/c1-9-6-11(15(17)19-8-9)14(18-2)10-4-5-13(20-3)12(16)7-10/h4-8,14,18H,1-3H3,(H2,17,19). The molecular weight excluding hydrogens is 318 g/mol. The van der Waals surface area contributed by atoms with Crippen molar-refractivity contribution in [3.63, 3.8) is 0 Å². The van der Waals surface area contributed by atoms with Crippen molar-refractivity contribution in [2.75, 3.05) is 19.9 Å². The summed E-state index contributed by atoms with van der Waals surface area (Å²) in [5.41, 5.74) is 9.17. The van der Waals surface area contributed by atoms with E-state index in [4.69, 9.17) is 10.5 Å². The summed E-state index contributed by atoms with van der Waals surface area (Å²) in [5, 5.41) is 3.29. The number of anilines is 1. The maximum atomic E-state index is 6.01. The van der Waals surface area contributed by atoms with Crippen molar-refractivity contribution in [3.05, 3.63) is 51.6 Å². The Balaban J connectivity index is 2.46. The second kappa shape index (κ2) is 6.24. The van der Waals surface area contributed by atoms with Gasteiger partial charge in [-0.15, -0.1) is 0 Å². The lowest BCUT2D eigenvalue weighted by Gasteiger charge is -2.20. The van der Waals surface area contributed by atoms with E-state index in [0.29, 0.717) is 5.82 Å². The Bertz CT molecular complexity index is 616. The highest BCUT2D eigenvalue weighted by Crippen LogP contribution is 2.32. The van der Waals surface area contributed by atoms with Crippen LogP contribution in [0.2, 0.25) is 0 Å². The molecule has 106 valence electrons. The number of nitrogen functional groups attached to an aromatic ring is 1. The number of hydrogen-bond acceptors (Lipinski definition) is 4. The van der Waals surface area contributed by atoms with E-state index in [2.05, 4.69) is 32.3 Å². The van der Waals surface area contributed by atoms with Gasteiger partial charge in [-0.2, -0.15) is 0 Å². The van der Waals surface area contributed by atoms with E-state index in [-0.39, 0.29) is 6.04 Å². The number of nitrogens with one attached hydrogen (secondary N) is 1. The Morgan fingerprint density at radius 3 is 2.70 bits per heavy atom. The highest BCUT2D eigenvalue weighted by Gasteiger charge is 2.17. The number of ether oxygens (including phenoxy) is 1. The van der Waals surface area contributed by atoms with E-state index in [1.807, 2.05) is 32.2 Å². The molecule has 0 amide bonds. The lowest BCUT2D eigenvalue weighted by Crippen LogP contribution is -2.19. The van der Waals surface area contributed by atoms with Gasteiger partial charge in [-0.05, 0) is 59.2 Å². The van der Waals surface area contributed by atoms with Crippen LogP contribution in [0.1, 0.15) is 22.7 Å². The Morgan fingerprint density at radius 2 is 2.10 bits per heavy atom. The second-order valence-electron chi connectivity index (χ2n) is 4.60. The minimum absolute atomic E-state index is 0.00962. The van der Waals surface area contributed by atoms with Crippen molar-refractivity contribution in [3.8, 4) is 5.75 Å². The van der Waals surface area contributed by atoms with Crippen LogP contribution in [0.25, 0.3) is 0 Å². The molecule has 2 rings (SSSR count). The molecule has 1 aromatic carbocycles. The molecule has 3 N–H and O–H groups in total. The summed E-state index contributed by atoms with van der Waals surface area (Å²) in [6.07, 6.45) is 1.77. The largest absolute Gasteiger partial charge is 0.496 e. The van der Waals surface area contributed by atoms with Crippen LogP contribution in [-0.4, -0.2) is 19.1 Å². The molecule has 0 aliphatic rings. The van der Waals surface area contributed by atoms with Crippen molar-refractivity contribution in [2.24, 2.45) is 0 Å². The number of nitrogens with two attached hydrogens (primary N) is 1. The average Bonchev–Trinajstić information content (AvgIpc) is 2.44. The van der Waals surface area contributed by atoms with Crippen LogP contribution in [0, 0.1) is 6.92 Å². The van der Waals surface area contributed by atoms with Gasteiger partial charge in [0, 0.05) is 11.8 Å². The van der Waals surface area contributed by atoms with Crippen molar-refractivity contribution in [1.82, 2.24) is 10.3 Å². The SMILES string of the molecule is CNC(c1ccc(OC)c(Br)c1)c1cc(C)cnc1N. The summed E-state index contributed by atoms with van der Waals surface area (Å²) in [5.74, 6) is 1.35. The van der Waals surface area contributed by atoms with Gasteiger partial charge in [0.25, 0.3) is 0 Å². The zero-order valence-corrected chi connectivity index (χ0v) is 13.4. The molecule has 0 fully saturated rings. The Hall–Kier alpha value is -1.59. The average molecular weight is 336 g/mol. The maximum absolute atomic E-state index is 6.01. The van der Waals surface area contributed by atoms with E-state index in [1.54, 1.807) is 13.3 Å².